The molecule has 0 radical (unpaired) electrons. The molecule has 4 nitrogen and oxygen atoms in total. The van der Waals surface area contributed by atoms with Crippen LogP contribution in [0.2, 0.25) is 5.02 Å². The van der Waals surface area contributed by atoms with E-state index >= 15 is 0 Å². The molecule has 0 fully saturated rings. The monoisotopic (exact) mass is 526 g/mol. The van der Waals surface area contributed by atoms with Crippen molar-refractivity contribution in [1.82, 2.24) is 10.2 Å². The van der Waals surface area contributed by atoms with Crippen molar-refractivity contribution in [2.24, 2.45) is 0 Å². The molecule has 190 valence electrons. The molecule has 0 saturated heterocycles. The first-order chi connectivity index (χ1) is 17.4. The van der Waals surface area contributed by atoms with Crippen LogP contribution >= 0.6 is 23.4 Å². The maximum Gasteiger partial charge on any atom is 0.243 e. The number of carbonyl (C=O) groups is 2. The number of nitrogens with zero attached hydrogens (tertiary/aromatic N) is 1. The third-order valence-electron chi connectivity index (χ3n) is 5.98. The minimum absolute atomic E-state index is 0.0151. The number of nitrogens with one attached hydrogen (secondary N) is 1. The van der Waals surface area contributed by atoms with Crippen molar-refractivity contribution in [3.63, 3.8) is 0 Å². The molecule has 0 aliphatic rings. The predicted octanol–water partition coefficient (Wildman–Crippen LogP) is 6.27. The second-order valence-corrected chi connectivity index (χ2v) is 10.2. The first-order valence-corrected chi connectivity index (χ1v) is 13.6. The van der Waals surface area contributed by atoms with Crippen LogP contribution in [0, 0.1) is 5.82 Å². The summed E-state index contributed by atoms with van der Waals surface area (Å²) in [5.41, 5.74) is 2.39. The number of carbonyl (C=O) groups excluding carboxylic acids is 2. The van der Waals surface area contributed by atoms with Crippen LogP contribution in [0.1, 0.15) is 37.0 Å². The van der Waals surface area contributed by atoms with E-state index in [-0.39, 0.29) is 36.0 Å². The zero-order valence-electron chi connectivity index (χ0n) is 20.6. The summed E-state index contributed by atoms with van der Waals surface area (Å²) in [7, 11) is 0. The van der Waals surface area contributed by atoms with E-state index in [9.17, 15) is 14.0 Å². The van der Waals surface area contributed by atoms with Gasteiger partial charge in [-0.15, -0.1) is 11.8 Å². The van der Waals surface area contributed by atoms with Crippen LogP contribution < -0.4 is 5.32 Å². The average molecular weight is 527 g/mol. The number of halogens is 2. The number of amides is 2. The zero-order chi connectivity index (χ0) is 25.9. The lowest BCUT2D eigenvalue weighted by atomic mass is 10.0. The smallest absolute Gasteiger partial charge is 0.243 e. The second-order valence-electron chi connectivity index (χ2n) is 8.76. The summed E-state index contributed by atoms with van der Waals surface area (Å²) >= 11 is 7.40. The lowest BCUT2D eigenvalue weighted by Crippen LogP contribution is -2.52. The first kappa shape index (κ1) is 27.8. The Morgan fingerprint density at radius 1 is 0.972 bits per heavy atom. The van der Waals surface area contributed by atoms with Crippen LogP contribution in [-0.2, 0) is 28.3 Å². The Morgan fingerprint density at radius 2 is 1.64 bits per heavy atom. The summed E-state index contributed by atoms with van der Waals surface area (Å²) in [4.78, 5) is 28.7. The summed E-state index contributed by atoms with van der Waals surface area (Å²) in [6.45, 7) is 4.22. The molecule has 2 amide bonds. The maximum absolute atomic E-state index is 14.1. The minimum atomic E-state index is -0.696. The van der Waals surface area contributed by atoms with Crippen LogP contribution in [0.5, 0.6) is 0 Å². The predicted molar refractivity (Wildman–Crippen MR) is 146 cm³/mol. The Morgan fingerprint density at radius 3 is 2.31 bits per heavy atom. The first-order valence-electron chi connectivity index (χ1n) is 12.1. The Hall–Kier alpha value is -2.83. The maximum atomic E-state index is 14.1. The fourth-order valence-electron chi connectivity index (χ4n) is 3.73. The average Bonchev–Trinajstić information content (AvgIpc) is 2.88. The van der Waals surface area contributed by atoms with Crippen molar-refractivity contribution < 1.29 is 14.0 Å². The van der Waals surface area contributed by atoms with Crippen LogP contribution in [0.3, 0.4) is 0 Å². The Bertz CT molecular complexity index is 1130. The standard InChI is InChI=1S/C29H32ClFN2O2S/c1-3-21(2)32-29(35)27(17-22-9-5-4-6-10-22)33(18-23-13-15-25(30)16-14-23)28(34)20-36-19-24-11-7-8-12-26(24)31/h4-16,21,27H,3,17-20H2,1-2H3,(H,32,35). The molecule has 2 atom stereocenters. The van der Waals surface area contributed by atoms with E-state index in [0.717, 1.165) is 17.5 Å². The van der Waals surface area contributed by atoms with E-state index < -0.39 is 6.04 Å². The van der Waals surface area contributed by atoms with Crippen molar-refractivity contribution in [3.8, 4) is 0 Å². The quantitative estimate of drug-likeness (QED) is 0.303. The highest BCUT2D eigenvalue weighted by Gasteiger charge is 2.30. The summed E-state index contributed by atoms with van der Waals surface area (Å²) in [5.74, 6) is -0.147. The van der Waals surface area contributed by atoms with Crippen LogP contribution in [0.15, 0.2) is 78.9 Å². The Balaban J connectivity index is 1.85. The van der Waals surface area contributed by atoms with Gasteiger partial charge in [-0.05, 0) is 48.2 Å². The zero-order valence-corrected chi connectivity index (χ0v) is 22.2. The third kappa shape index (κ3) is 8.38. The van der Waals surface area contributed by atoms with Crippen molar-refractivity contribution >= 4 is 35.2 Å². The van der Waals surface area contributed by atoms with E-state index in [1.165, 1.54) is 17.8 Å². The lowest BCUT2D eigenvalue weighted by Gasteiger charge is -2.32. The number of hydrogen-bond donors (Lipinski definition) is 1. The van der Waals surface area contributed by atoms with Gasteiger partial charge in [0.05, 0.1) is 5.75 Å². The molecular formula is C29H32ClFN2O2S. The fraction of sp³-hybridized carbons (Fsp3) is 0.310. The van der Waals surface area contributed by atoms with Crippen LogP contribution in [-0.4, -0.2) is 34.6 Å². The van der Waals surface area contributed by atoms with Crippen LogP contribution in [0.4, 0.5) is 4.39 Å². The van der Waals surface area contributed by atoms with E-state index in [0.29, 0.717) is 22.8 Å². The molecule has 7 heteroatoms. The van der Waals surface area contributed by atoms with Gasteiger partial charge in [0.15, 0.2) is 0 Å². The molecule has 1 N–H and O–H groups in total. The normalized spacial score (nSPS) is 12.6. The van der Waals surface area contributed by atoms with Crippen molar-refractivity contribution in [3.05, 3.63) is 106 Å². The molecule has 3 aromatic carbocycles. The number of rotatable bonds is 12. The SMILES string of the molecule is CCC(C)NC(=O)C(Cc1ccccc1)N(Cc1ccc(Cl)cc1)C(=O)CSCc1ccccc1F. The van der Waals surface area contributed by atoms with Crippen molar-refractivity contribution in [2.75, 3.05) is 5.75 Å². The third-order valence-corrected chi connectivity index (χ3v) is 7.20. The van der Waals surface area contributed by atoms with Gasteiger partial charge in [0.25, 0.3) is 0 Å². The van der Waals surface area contributed by atoms with E-state index in [1.807, 2.05) is 56.3 Å². The molecule has 0 aliphatic carbocycles. The lowest BCUT2D eigenvalue weighted by molar-refractivity contribution is -0.139. The van der Waals surface area contributed by atoms with Gasteiger partial charge in [0.2, 0.25) is 11.8 Å². The van der Waals surface area contributed by atoms with E-state index in [1.54, 1.807) is 35.2 Å². The summed E-state index contributed by atoms with van der Waals surface area (Å²) in [6.07, 6.45) is 1.17. The van der Waals surface area contributed by atoms with Gasteiger partial charge >= 0.3 is 0 Å². The number of hydrogen-bond acceptors (Lipinski definition) is 3. The Kier molecular flexibility index (Phi) is 10.8. The molecule has 0 heterocycles. The van der Waals surface area contributed by atoms with Crippen molar-refractivity contribution in [1.29, 1.82) is 0 Å². The van der Waals surface area contributed by atoms with Gasteiger partial charge in [-0.25, -0.2) is 4.39 Å². The highest BCUT2D eigenvalue weighted by molar-refractivity contribution is 7.99. The number of thioether (sulfide) groups is 1. The van der Waals surface area contributed by atoms with Gasteiger partial charge < -0.3 is 10.2 Å². The largest absolute Gasteiger partial charge is 0.352 e. The van der Waals surface area contributed by atoms with E-state index in [4.69, 9.17) is 11.6 Å². The minimum Gasteiger partial charge on any atom is -0.352 e. The molecule has 0 bridgehead atoms. The molecule has 0 spiro atoms. The second kappa shape index (κ2) is 14.0. The van der Waals surface area contributed by atoms with Crippen molar-refractivity contribution in [2.45, 2.75) is 51.1 Å². The highest BCUT2D eigenvalue weighted by Crippen LogP contribution is 2.20. The van der Waals surface area contributed by atoms with Gasteiger partial charge in [0, 0.05) is 29.8 Å². The molecule has 2 unspecified atom stereocenters. The highest BCUT2D eigenvalue weighted by atomic mass is 35.5. The molecular weight excluding hydrogens is 495 g/mol. The Labute approximate surface area is 222 Å². The summed E-state index contributed by atoms with van der Waals surface area (Å²) in [5, 5.41) is 3.66. The molecule has 0 aliphatic heterocycles. The molecule has 3 aromatic rings. The van der Waals surface area contributed by atoms with Crippen LogP contribution in [0.25, 0.3) is 0 Å². The summed E-state index contributed by atoms with van der Waals surface area (Å²) < 4.78 is 14.1. The molecule has 3 rings (SSSR count). The van der Waals surface area contributed by atoms with Gasteiger partial charge in [-0.2, -0.15) is 0 Å². The number of benzene rings is 3. The van der Waals surface area contributed by atoms with Gasteiger partial charge in [-0.1, -0.05) is 79.2 Å². The van der Waals surface area contributed by atoms with Gasteiger partial charge in [0.1, 0.15) is 11.9 Å². The molecule has 0 aromatic heterocycles. The van der Waals surface area contributed by atoms with Gasteiger partial charge in [-0.3, -0.25) is 9.59 Å². The molecule has 36 heavy (non-hydrogen) atoms. The fourth-order valence-corrected chi connectivity index (χ4v) is 4.75. The topological polar surface area (TPSA) is 49.4 Å². The molecule has 0 saturated carbocycles. The van der Waals surface area contributed by atoms with E-state index in [2.05, 4.69) is 5.32 Å². The summed E-state index contributed by atoms with van der Waals surface area (Å²) in [6, 6.07) is 22.8.